The number of ether oxygens (including phenoxy) is 1. The Bertz CT molecular complexity index is 692. The number of hydrogen-bond acceptors (Lipinski definition) is 4. The second-order valence-corrected chi connectivity index (χ2v) is 6.18. The predicted molar refractivity (Wildman–Crippen MR) is 94.2 cm³/mol. The minimum atomic E-state index is -0.433. The highest BCUT2D eigenvalue weighted by Crippen LogP contribution is 2.26. The molecule has 1 heterocycles. The van der Waals surface area contributed by atoms with Crippen molar-refractivity contribution in [2.45, 2.75) is 6.54 Å². The van der Waals surface area contributed by atoms with Crippen LogP contribution in [0.25, 0.3) is 0 Å². The van der Waals surface area contributed by atoms with E-state index in [9.17, 15) is 4.79 Å². The molecule has 2 aromatic rings. The number of para-hydroxylation sites is 1. The van der Waals surface area contributed by atoms with Gasteiger partial charge in [-0.25, -0.2) is 0 Å². The number of hydrogen-bond donors (Lipinski definition) is 1. The molecule has 1 saturated heterocycles. The third kappa shape index (κ3) is 4.13. The van der Waals surface area contributed by atoms with Crippen molar-refractivity contribution in [3.63, 3.8) is 0 Å². The zero-order valence-electron chi connectivity index (χ0n) is 13.9. The van der Waals surface area contributed by atoms with E-state index in [0.29, 0.717) is 11.3 Å². The van der Waals surface area contributed by atoms with E-state index in [1.54, 1.807) is 24.3 Å². The zero-order valence-corrected chi connectivity index (χ0v) is 13.9. The topological polar surface area (TPSA) is 58.8 Å². The molecule has 0 bridgehead atoms. The van der Waals surface area contributed by atoms with Gasteiger partial charge in [0.05, 0.1) is 0 Å². The summed E-state index contributed by atoms with van der Waals surface area (Å²) in [6, 6.07) is 15.0. The summed E-state index contributed by atoms with van der Waals surface area (Å²) < 4.78 is 6.02. The van der Waals surface area contributed by atoms with E-state index in [1.165, 1.54) is 5.56 Å². The van der Waals surface area contributed by atoms with Gasteiger partial charge < -0.3 is 15.4 Å². The first-order valence-corrected chi connectivity index (χ1v) is 8.18. The third-order valence-corrected chi connectivity index (χ3v) is 4.33. The van der Waals surface area contributed by atoms with Crippen LogP contribution in [0.5, 0.6) is 11.5 Å². The molecule has 126 valence electrons. The van der Waals surface area contributed by atoms with Gasteiger partial charge in [0, 0.05) is 43.9 Å². The summed E-state index contributed by atoms with van der Waals surface area (Å²) in [5.74, 6) is 1.12. The van der Waals surface area contributed by atoms with Crippen LogP contribution in [-0.4, -0.2) is 48.9 Å². The van der Waals surface area contributed by atoms with Gasteiger partial charge in [-0.1, -0.05) is 18.2 Å². The molecule has 24 heavy (non-hydrogen) atoms. The highest BCUT2D eigenvalue weighted by molar-refractivity contribution is 5.92. The van der Waals surface area contributed by atoms with Gasteiger partial charge in [0.25, 0.3) is 0 Å². The largest absolute Gasteiger partial charge is 0.457 e. The Morgan fingerprint density at radius 2 is 1.71 bits per heavy atom. The fourth-order valence-electron chi connectivity index (χ4n) is 2.80. The van der Waals surface area contributed by atoms with Crippen molar-refractivity contribution < 1.29 is 9.53 Å². The highest BCUT2D eigenvalue weighted by atomic mass is 16.5. The number of carbonyl (C=O) groups excluding carboxylic acids is 1. The molecule has 2 aromatic carbocycles. The quantitative estimate of drug-likeness (QED) is 0.916. The van der Waals surface area contributed by atoms with Crippen molar-refractivity contribution in [1.82, 2.24) is 9.80 Å². The maximum absolute atomic E-state index is 11.1. The van der Waals surface area contributed by atoms with E-state index in [0.717, 1.165) is 38.5 Å². The second kappa shape index (κ2) is 7.47. The number of nitrogens with two attached hydrogens (primary N) is 1. The van der Waals surface area contributed by atoms with E-state index in [1.807, 2.05) is 18.2 Å². The standard InChI is InChI=1S/C19H23N3O2/c1-21-10-12-22(13-11-21)14-16-4-2-3-5-18(16)24-17-8-6-15(7-9-17)19(20)23/h2-9H,10-14H2,1H3,(H2,20,23). The van der Waals surface area contributed by atoms with Gasteiger partial charge in [0.15, 0.2) is 0 Å². The fourth-order valence-corrected chi connectivity index (χ4v) is 2.80. The van der Waals surface area contributed by atoms with E-state index in [4.69, 9.17) is 10.5 Å². The molecule has 0 spiro atoms. The minimum absolute atomic E-state index is 0.433. The molecule has 1 aliphatic heterocycles. The molecule has 0 unspecified atom stereocenters. The van der Waals surface area contributed by atoms with Gasteiger partial charge >= 0.3 is 0 Å². The van der Waals surface area contributed by atoms with Crippen LogP contribution in [0.3, 0.4) is 0 Å². The molecule has 1 fully saturated rings. The lowest BCUT2D eigenvalue weighted by Gasteiger charge is -2.32. The second-order valence-electron chi connectivity index (χ2n) is 6.18. The number of rotatable bonds is 5. The SMILES string of the molecule is CN1CCN(Cc2ccccc2Oc2ccc(C(N)=O)cc2)CC1. The summed E-state index contributed by atoms with van der Waals surface area (Å²) in [5, 5.41) is 0. The van der Waals surface area contributed by atoms with Crippen LogP contribution in [0.1, 0.15) is 15.9 Å². The summed E-state index contributed by atoms with van der Waals surface area (Å²) in [7, 11) is 2.16. The molecule has 1 aliphatic rings. The molecule has 0 aliphatic carbocycles. The lowest BCUT2D eigenvalue weighted by Crippen LogP contribution is -2.43. The Balaban J connectivity index is 1.70. The van der Waals surface area contributed by atoms with Gasteiger partial charge in [-0.15, -0.1) is 0 Å². The summed E-state index contributed by atoms with van der Waals surface area (Å²) in [4.78, 5) is 15.9. The van der Waals surface area contributed by atoms with Gasteiger partial charge in [0.1, 0.15) is 11.5 Å². The van der Waals surface area contributed by atoms with Crippen LogP contribution >= 0.6 is 0 Å². The molecule has 5 heteroatoms. The Morgan fingerprint density at radius 3 is 2.38 bits per heavy atom. The van der Waals surface area contributed by atoms with E-state index >= 15 is 0 Å². The summed E-state index contributed by atoms with van der Waals surface area (Å²) in [6.07, 6.45) is 0. The molecule has 0 saturated carbocycles. The number of primary amides is 1. The van der Waals surface area contributed by atoms with Gasteiger partial charge in [-0.05, 0) is 37.4 Å². The van der Waals surface area contributed by atoms with E-state index < -0.39 is 5.91 Å². The molecule has 3 rings (SSSR count). The molecule has 1 amide bonds. The van der Waals surface area contributed by atoms with Crippen molar-refractivity contribution in [2.24, 2.45) is 5.73 Å². The van der Waals surface area contributed by atoms with Crippen molar-refractivity contribution in [2.75, 3.05) is 33.2 Å². The molecular formula is C19H23N3O2. The number of carbonyl (C=O) groups is 1. The number of likely N-dealkylation sites (N-methyl/N-ethyl adjacent to an activating group) is 1. The van der Waals surface area contributed by atoms with Crippen LogP contribution in [0.2, 0.25) is 0 Å². The van der Waals surface area contributed by atoms with Crippen LogP contribution < -0.4 is 10.5 Å². The number of benzene rings is 2. The average molecular weight is 325 g/mol. The zero-order chi connectivity index (χ0) is 16.9. The minimum Gasteiger partial charge on any atom is -0.457 e. The van der Waals surface area contributed by atoms with Crippen LogP contribution in [-0.2, 0) is 6.54 Å². The average Bonchev–Trinajstić information content (AvgIpc) is 2.59. The van der Waals surface area contributed by atoms with Gasteiger partial charge in [0.2, 0.25) is 5.91 Å². The summed E-state index contributed by atoms with van der Waals surface area (Å²) >= 11 is 0. The number of piperazine rings is 1. The van der Waals surface area contributed by atoms with Crippen molar-refractivity contribution in [3.05, 3.63) is 59.7 Å². The normalized spacial score (nSPS) is 16.0. The Labute approximate surface area is 142 Å². The summed E-state index contributed by atoms with van der Waals surface area (Å²) in [5.41, 5.74) is 6.91. The highest BCUT2D eigenvalue weighted by Gasteiger charge is 2.15. The van der Waals surface area contributed by atoms with Crippen molar-refractivity contribution >= 4 is 5.91 Å². The molecule has 0 atom stereocenters. The fraction of sp³-hybridized carbons (Fsp3) is 0.316. The lowest BCUT2D eigenvalue weighted by molar-refractivity contribution is 0.100. The Kier molecular flexibility index (Phi) is 5.13. The van der Waals surface area contributed by atoms with E-state index in [-0.39, 0.29) is 0 Å². The number of nitrogens with zero attached hydrogens (tertiary/aromatic N) is 2. The van der Waals surface area contributed by atoms with Crippen molar-refractivity contribution in [1.29, 1.82) is 0 Å². The van der Waals surface area contributed by atoms with Crippen LogP contribution in [0, 0.1) is 0 Å². The maximum atomic E-state index is 11.1. The first kappa shape index (κ1) is 16.5. The third-order valence-electron chi connectivity index (χ3n) is 4.33. The smallest absolute Gasteiger partial charge is 0.248 e. The first-order chi connectivity index (χ1) is 11.6. The maximum Gasteiger partial charge on any atom is 0.248 e. The van der Waals surface area contributed by atoms with Crippen LogP contribution in [0.15, 0.2) is 48.5 Å². The predicted octanol–water partition coefficient (Wildman–Crippen LogP) is 2.33. The monoisotopic (exact) mass is 325 g/mol. The lowest BCUT2D eigenvalue weighted by atomic mass is 10.1. The van der Waals surface area contributed by atoms with Gasteiger partial charge in [-0.2, -0.15) is 0 Å². The molecular weight excluding hydrogens is 302 g/mol. The van der Waals surface area contributed by atoms with Gasteiger partial charge in [-0.3, -0.25) is 9.69 Å². The number of amides is 1. The Hall–Kier alpha value is -2.37. The molecule has 2 N–H and O–H groups in total. The molecule has 0 radical (unpaired) electrons. The van der Waals surface area contributed by atoms with Crippen molar-refractivity contribution in [3.8, 4) is 11.5 Å². The Morgan fingerprint density at radius 1 is 1.04 bits per heavy atom. The van der Waals surface area contributed by atoms with Crippen LogP contribution in [0.4, 0.5) is 0 Å². The first-order valence-electron chi connectivity index (χ1n) is 8.18. The molecule has 0 aromatic heterocycles. The van der Waals surface area contributed by atoms with E-state index in [2.05, 4.69) is 22.9 Å². The summed E-state index contributed by atoms with van der Waals surface area (Å²) in [6.45, 7) is 5.20. The molecule has 5 nitrogen and oxygen atoms in total.